The first-order valence-corrected chi connectivity index (χ1v) is 7.57. The summed E-state index contributed by atoms with van der Waals surface area (Å²) in [6.07, 6.45) is 1.63. The monoisotopic (exact) mass is 369 g/mol. The van der Waals surface area contributed by atoms with Gasteiger partial charge in [-0.15, -0.1) is 0 Å². The number of hydrogen-bond donors (Lipinski definition) is 2. The molecule has 8 nitrogen and oxygen atoms in total. The van der Waals surface area contributed by atoms with E-state index in [0.29, 0.717) is 5.82 Å². The van der Waals surface area contributed by atoms with Crippen LogP contribution in [-0.2, 0) is 11.4 Å². The second-order valence-electron chi connectivity index (χ2n) is 5.02. The lowest BCUT2D eigenvalue weighted by atomic mass is 10.2. The highest BCUT2D eigenvalue weighted by atomic mass is 35.5. The van der Waals surface area contributed by atoms with Gasteiger partial charge in [0.05, 0.1) is 22.7 Å². The molecule has 10 heteroatoms. The number of halogens is 2. The fraction of sp³-hybridized carbons (Fsp3) is 0.267. The van der Waals surface area contributed by atoms with Crippen molar-refractivity contribution in [3.63, 3.8) is 0 Å². The van der Waals surface area contributed by atoms with E-state index in [4.69, 9.17) is 16.4 Å². The summed E-state index contributed by atoms with van der Waals surface area (Å²) in [6, 6.07) is 3.77. The lowest BCUT2D eigenvalue weighted by Crippen LogP contribution is -2.17. The van der Waals surface area contributed by atoms with Crippen LogP contribution in [0, 0.1) is 15.9 Å². The maximum atomic E-state index is 13.5. The zero-order valence-corrected chi connectivity index (χ0v) is 14.6. The van der Waals surface area contributed by atoms with E-state index < -0.39 is 16.4 Å². The zero-order valence-electron chi connectivity index (χ0n) is 13.8. The molecule has 134 valence electrons. The van der Waals surface area contributed by atoms with Gasteiger partial charge < -0.3 is 10.6 Å². The van der Waals surface area contributed by atoms with Crippen LogP contribution in [0.5, 0.6) is 0 Å². The lowest BCUT2D eigenvalue weighted by molar-refractivity contribution is -0.387. The number of hydroxylamine groups is 1. The highest BCUT2D eigenvalue weighted by Gasteiger charge is 2.18. The summed E-state index contributed by atoms with van der Waals surface area (Å²) >= 11 is 5.95. The molecule has 25 heavy (non-hydrogen) atoms. The van der Waals surface area contributed by atoms with E-state index in [1.807, 2.05) is 0 Å². The van der Waals surface area contributed by atoms with Gasteiger partial charge in [0.1, 0.15) is 0 Å². The van der Waals surface area contributed by atoms with Gasteiger partial charge in [-0.1, -0.05) is 11.6 Å². The Morgan fingerprint density at radius 3 is 2.72 bits per heavy atom. The van der Waals surface area contributed by atoms with Crippen LogP contribution in [0.25, 0.3) is 0 Å². The second-order valence-corrected chi connectivity index (χ2v) is 5.43. The number of anilines is 3. The summed E-state index contributed by atoms with van der Waals surface area (Å²) in [5.41, 5.74) is 1.19. The first-order chi connectivity index (χ1) is 11.9. The van der Waals surface area contributed by atoms with Crippen molar-refractivity contribution in [2.75, 3.05) is 36.9 Å². The molecule has 2 aromatic rings. The fourth-order valence-electron chi connectivity index (χ4n) is 2.12. The minimum absolute atomic E-state index is 0.0535. The molecule has 1 aromatic carbocycles. The number of rotatable bonds is 7. The number of aromatic nitrogens is 1. The van der Waals surface area contributed by atoms with E-state index in [9.17, 15) is 14.5 Å². The van der Waals surface area contributed by atoms with Crippen LogP contribution in [-0.4, -0.2) is 31.1 Å². The van der Waals surface area contributed by atoms with Gasteiger partial charge in [0.15, 0.2) is 5.82 Å². The Morgan fingerprint density at radius 2 is 2.12 bits per heavy atom. The summed E-state index contributed by atoms with van der Waals surface area (Å²) in [4.78, 5) is 19.4. The number of benzene rings is 1. The van der Waals surface area contributed by atoms with E-state index in [1.165, 1.54) is 12.2 Å². The van der Waals surface area contributed by atoms with Crippen LogP contribution in [0.1, 0.15) is 5.56 Å². The Labute approximate surface area is 148 Å². The van der Waals surface area contributed by atoms with Crippen LogP contribution in [0.4, 0.5) is 27.3 Å². The molecular weight excluding hydrogens is 353 g/mol. The number of pyridine rings is 1. The Hall–Kier alpha value is -2.65. The fourth-order valence-corrected chi connectivity index (χ4v) is 2.33. The highest BCUT2D eigenvalue weighted by molar-refractivity contribution is 6.33. The molecule has 0 unspecified atom stereocenters. The van der Waals surface area contributed by atoms with Crippen LogP contribution in [0.3, 0.4) is 0 Å². The molecule has 0 saturated heterocycles. The number of nitro benzene ring substituents is 1. The first-order valence-electron chi connectivity index (χ1n) is 7.19. The van der Waals surface area contributed by atoms with Crippen LogP contribution in [0.2, 0.25) is 5.02 Å². The predicted octanol–water partition coefficient (Wildman–Crippen LogP) is 3.43. The van der Waals surface area contributed by atoms with Crippen molar-refractivity contribution < 1.29 is 14.2 Å². The number of nitrogens with zero attached hydrogens (tertiary/aromatic N) is 3. The molecule has 1 heterocycles. The van der Waals surface area contributed by atoms with E-state index >= 15 is 0 Å². The predicted molar refractivity (Wildman–Crippen MR) is 94.6 cm³/mol. The Kier molecular flexibility index (Phi) is 5.94. The van der Waals surface area contributed by atoms with Crippen molar-refractivity contribution in [3.8, 4) is 0 Å². The molecule has 0 aliphatic rings. The van der Waals surface area contributed by atoms with Gasteiger partial charge in [0.25, 0.3) is 0 Å². The molecule has 2 rings (SSSR count). The number of hydrogen-bond acceptors (Lipinski definition) is 7. The second kappa shape index (κ2) is 7.95. The van der Waals surface area contributed by atoms with Gasteiger partial charge in [-0.3, -0.25) is 15.0 Å². The highest BCUT2D eigenvalue weighted by Crippen LogP contribution is 2.30. The SMILES string of the molecule is CNc1cc(N(C)OC)ncc1CNc1cc([N+](=O)[O-])c(F)cc1Cl. The zero-order chi connectivity index (χ0) is 18.6. The van der Waals surface area contributed by atoms with Crippen molar-refractivity contribution in [2.45, 2.75) is 6.54 Å². The normalized spacial score (nSPS) is 10.4. The topological polar surface area (TPSA) is 92.6 Å². The molecule has 0 amide bonds. The van der Waals surface area contributed by atoms with Gasteiger partial charge in [0.2, 0.25) is 5.82 Å². The van der Waals surface area contributed by atoms with Crippen LogP contribution in [0.15, 0.2) is 24.4 Å². The van der Waals surface area contributed by atoms with Gasteiger partial charge >= 0.3 is 5.69 Å². The number of nitro groups is 1. The summed E-state index contributed by atoms with van der Waals surface area (Å²) < 4.78 is 13.5. The molecule has 0 saturated carbocycles. The molecule has 0 atom stereocenters. The van der Waals surface area contributed by atoms with Crippen LogP contribution >= 0.6 is 11.6 Å². The van der Waals surface area contributed by atoms with Crippen molar-refractivity contribution in [2.24, 2.45) is 0 Å². The first kappa shape index (κ1) is 18.7. The quantitative estimate of drug-likeness (QED) is 0.570. The smallest absolute Gasteiger partial charge is 0.306 e. The number of nitrogens with one attached hydrogen (secondary N) is 2. The van der Waals surface area contributed by atoms with Gasteiger partial charge in [-0.2, -0.15) is 4.39 Å². The van der Waals surface area contributed by atoms with Crippen molar-refractivity contribution in [1.29, 1.82) is 0 Å². The molecule has 0 aliphatic heterocycles. The Balaban J connectivity index is 2.24. The average Bonchev–Trinajstić information content (AvgIpc) is 2.59. The average molecular weight is 370 g/mol. The lowest BCUT2D eigenvalue weighted by Gasteiger charge is -2.18. The van der Waals surface area contributed by atoms with Crippen molar-refractivity contribution >= 4 is 34.5 Å². The largest absolute Gasteiger partial charge is 0.388 e. The molecule has 0 spiro atoms. The van der Waals surface area contributed by atoms with Gasteiger partial charge in [-0.05, 0) is 0 Å². The Morgan fingerprint density at radius 1 is 1.40 bits per heavy atom. The summed E-state index contributed by atoms with van der Waals surface area (Å²) in [5, 5.41) is 18.4. The summed E-state index contributed by atoms with van der Waals surface area (Å²) in [6.45, 7) is 0.280. The maximum absolute atomic E-state index is 13.5. The molecule has 0 radical (unpaired) electrons. The maximum Gasteiger partial charge on any atom is 0.306 e. The third kappa shape index (κ3) is 4.25. The molecule has 0 aliphatic carbocycles. The minimum Gasteiger partial charge on any atom is -0.388 e. The molecule has 2 N–H and O–H groups in total. The molecule has 1 aromatic heterocycles. The van der Waals surface area contributed by atoms with Crippen molar-refractivity contribution in [1.82, 2.24) is 4.98 Å². The van der Waals surface area contributed by atoms with Crippen molar-refractivity contribution in [3.05, 3.63) is 50.9 Å². The van der Waals surface area contributed by atoms with E-state index in [1.54, 1.807) is 26.4 Å². The van der Waals surface area contributed by atoms with E-state index in [0.717, 1.165) is 23.4 Å². The molecule has 0 bridgehead atoms. The minimum atomic E-state index is -0.981. The summed E-state index contributed by atoms with van der Waals surface area (Å²) in [7, 11) is 5.00. The third-order valence-corrected chi connectivity index (χ3v) is 3.85. The Bertz CT molecular complexity index is 790. The van der Waals surface area contributed by atoms with E-state index in [-0.39, 0.29) is 17.3 Å². The van der Waals surface area contributed by atoms with Crippen LogP contribution < -0.4 is 15.7 Å². The van der Waals surface area contributed by atoms with E-state index in [2.05, 4.69) is 15.6 Å². The van der Waals surface area contributed by atoms with Gasteiger partial charge in [-0.25, -0.2) is 10.0 Å². The summed E-state index contributed by atoms with van der Waals surface area (Å²) in [5.74, 6) is -0.379. The molecular formula is C15H17ClFN5O3. The van der Waals surface area contributed by atoms with Gasteiger partial charge in [0, 0.05) is 56.3 Å². The standard InChI is InChI=1S/C15H17ClFN5O3/c1-18-12-6-15(21(2)25-3)20-8-9(12)7-19-13-5-14(22(23)24)11(17)4-10(13)16/h4-6,8,19H,7H2,1-3H3,(H,18,20). The molecule has 0 fully saturated rings. The third-order valence-electron chi connectivity index (χ3n) is 3.54.